The number of piperidine rings is 1. The van der Waals surface area contributed by atoms with Crippen molar-refractivity contribution in [1.29, 1.82) is 0 Å². The van der Waals surface area contributed by atoms with Crippen molar-refractivity contribution in [2.24, 2.45) is 0 Å². The van der Waals surface area contributed by atoms with Gasteiger partial charge in [-0.05, 0) is 49.2 Å². The van der Waals surface area contributed by atoms with Crippen LogP contribution in [0, 0.1) is 0 Å². The molecule has 1 amide bonds. The average molecular weight is 359 g/mol. The minimum atomic E-state index is -0.192. The first-order valence-corrected chi connectivity index (χ1v) is 9.58. The van der Waals surface area contributed by atoms with E-state index in [2.05, 4.69) is 46.4 Å². The minimum Gasteiger partial charge on any atom is -0.450 e. The van der Waals surface area contributed by atoms with Crippen molar-refractivity contribution in [3.63, 3.8) is 0 Å². The zero-order valence-electron chi connectivity index (χ0n) is 14.7. The van der Waals surface area contributed by atoms with Gasteiger partial charge < -0.3 is 15.0 Å². The van der Waals surface area contributed by atoms with E-state index in [0.717, 1.165) is 31.6 Å². The molecule has 2 aromatic rings. The van der Waals surface area contributed by atoms with Crippen LogP contribution in [-0.4, -0.2) is 43.8 Å². The van der Waals surface area contributed by atoms with Crippen LogP contribution in [0.2, 0.25) is 0 Å². The number of ether oxygens (including phenoxy) is 1. The van der Waals surface area contributed by atoms with E-state index in [1.165, 1.54) is 15.7 Å². The van der Waals surface area contributed by atoms with Crippen molar-refractivity contribution in [1.82, 2.24) is 9.62 Å². The quantitative estimate of drug-likeness (QED) is 0.787. The van der Waals surface area contributed by atoms with Crippen LogP contribution in [0.5, 0.6) is 0 Å². The molecular formula is C19H25N3O2S. The standard InChI is InChI=1S/C19H25N3O2S/c1-3-24-19(23)22-12-10-14(11-13-22)21-25-18-9-8-17(20-2)15-6-4-5-7-16(15)18/h4-9,14,20-21H,3,10-13H2,1-2H3. The van der Waals surface area contributed by atoms with Crippen LogP contribution in [0.25, 0.3) is 10.8 Å². The monoisotopic (exact) mass is 359 g/mol. The third kappa shape index (κ3) is 4.19. The Bertz CT molecular complexity index is 730. The second-order valence-electron chi connectivity index (χ2n) is 6.09. The Morgan fingerprint density at radius 1 is 1.20 bits per heavy atom. The first kappa shape index (κ1) is 17.9. The second-order valence-corrected chi connectivity index (χ2v) is 6.97. The number of carbonyl (C=O) groups is 1. The zero-order valence-corrected chi connectivity index (χ0v) is 15.6. The summed E-state index contributed by atoms with van der Waals surface area (Å²) in [6.45, 7) is 3.77. The molecule has 0 atom stereocenters. The molecule has 0 radical (unpaired) electrons. The van der Waals surface area contributed by atoms with Gasteiger partial charge in [0.25, 0.3) is 0 Å². The van der Waals surface area contributed by atoms with Crippen molar-refractivity contribution >= 4 is 34.5 Å². The molecule has 3 rings (SSSR count). The third-order valence-electron chi connectivity index (χ3n) is 4.51. The summed E-state index contributed by atoms with van der Waals surface area (Å²) in [5.41, 5.74) is 1.14. The number of anilines is 1. The van der Waals surface area contributed by atoms with Crippen LogP contribution >= 0.6 is 11.9 Å². The fourth-order valence-electron chi connectivity index (χ4n) is 3.12. The van der Waals surface area contributed by atoms with Gasteiger partial charge in [-0.3, -0.25) is 4.72 Å². The van der Waals surface area contributed by atoms with E-state index in [0.29, 0.717) is 12.6 Å². The van der Waals surface area contributed by atoms with Gasteiger partial charge in [0.2, 0.25) is 0 Å². The Hall–Kier alpha value is -1.92. The highest BCUT2D eigenvalue weighted by Gasteiger charge is 2.23. The lowest BCUT2D eigenvalue weighted by atomic mass is 10.1. The number of nitrogens with one attached hydrogen (secondary N) is 2. The number of amides is 1. The molecule has 5 nitrogen and oxygen atoms in total. The molecule has 0 saturated carbocycles. The Morgan fingerprint density at radius 3 is 2.60 bits per heavy atom. The number of rotatable bonds is 5. The van der Waals surface area contributed by atoms with E-state index in [9.17, 15) is 4.79 Å². The lowest BCUT2D eigenvalue weighted by Gasteiger charge is -2.31. The van der Waals surface area contributed by atoms with Crippen LogP contribution in [-0.2, 0) is 4.74 Å². The number of fused-ring (bicyclic) bond motifs is 1. The summed E-state index contributed by atoms with van der Waals surface area (Å²) < 4.78 is 8.65. The van der Waals surface area contributed by atoms with Gasteiger partial charge in [0.1, 0.15) is 0 Å². The van der Waals surface area contributed by atoms with Crippen molar-refractivity contribution in [3.8, 4) is 0 Å². The molecule has 0 spiro atoms. The van der Waals surface area contributed by atoms with E-state index in [4.69, 9.17) is 4.74 Å². The summed E-state index contributed by atoms with van der Waals surface area (Å²) in [5, 5.41) is 5.73. The summed E-state index contributed by atoms with van der Waals surface area (Å²) in [6.07, 6.45) is 1.69. The van der Waals surface area contributed by atoms with Gasteiger partial charge in [-0.25, -0.2) is 4.79 Å². The summed E-state index contributed by atoms with van der Waals surface area (Å²) >= 11 is 1.68. The fourth-order valence-corrected chi connectivity index (χ4v) is 4.07. The molecule has 25 heavy (non-hydrogen) atoms. The second kappa shape index (κ2) is 8.45. The van der Waals surface area contributed by atoms with Crippen LogP contribution in [0.15, 0.2) is 41.3 Å². The molecule has 1 fully saturated rings. The van der Waals surface area contributed by atoms with Crippen molar-refractivity contribution < 1.29 is 9.53 Å². The Kier molecular flexibility index (Phi) is 6.04. The number of benzene rings is 2. The first-order chi connectivity index (χ1) is 12.2. The van der Waals surface area contributed by atoms with Gasteiger partial charge in [-0.2, -0.15) is 0 Å². The molecule has 2 N–H and O–H groups in total. The molecular weight excluding hydrogens is 334 g/mol. The number of carbonyl (C=O) groups excluding carboxylic acids is 1. The topological polar surface area (TPSA) is 53.6 Å². The molecule has 0 aliphatic carbocycles. The highest BCUT2D eigenvalue weighted by Crippen LogP contribution is 2.32. The average Bonchev–Trinajstić information content (AvgIpc) is 2.66. The van der Waals surface area contributed by atoms with Crippen molar-refractivity contribution in [3.05, 3.63) is 36.4 Å². The van der Waals surface area contributed by atoms with E-state index in [1.54, 1.807) is 16.8 Å². The molecule has 1 saturated heterocycles. The van der Waals surface area contributed by atoms with Gasteiger partial charge in [-0.15, -0.1) is 0 Å². The number of hydrogen-bond acceptors (Lipinski definition) is 5. The maximum absolute atomic E-state index is 11.8. The normalized spacial score (nSPS) is 15.4. The fraction of sp³-hybridized carbons (Fsp3) is 0.421. The van der Waals surface area contributed by atoms with Crippen LogP contribution in [0.4, 0.5) is 10.5 Å². The van der Waals surface area contributed by atoms with Crippen LogP contribution < -0.4 is 10.0 Å². The molecule has 1 aliphatic heterocycles. The molecule has 1 aliphatic rings. The lowest BCUT2D eigenvalue weighted by Crippen LogP contribution is -2.43. The first-order valence-electron chi connectivity index (χ1n) is 8.76. The molecule has 134 valence electrons. The highest BCUT2D eigenvalue weighted by atomic mass is 32.2. The van der Waals surface area contributed by atoms with E-state index < -0.39 is 0 Å². The maximum atomic E-state index is 11.8. The maximum Gasteiger partial charge on any atom is 0.409 e. The van der Waals surface area contributed by atoms with Gasteiger partial charge >= 0.3 is 6.09 Å². The predicted molar refractivity (Wildman–Crippen MR) is 104 cm³/mol. The van der Waals surface area contributed by atoms with Gasteiger partial charge in [0, 0.05) is 42.1 Å². The van der Waals surface area contributed by atoms with Gasteiger partial charge in [-0.1, -0.05) is 24.3 Å². The number of hydrogen-bond donors (Lipinski definition) is 2. The Labute approximate surface area is 153 Å². The molecule has 6 heteroatoms. The molecule has 0 unspecified atom stereocenters. The summed E-state index contributed by atoms with van der Waals surface area (Å²) in [7, 11) is 1.95. The summed E-state index contributed by atoms with van der Waals surface area (Å²) in [5.74, 6) is 0. The molecule has 0 bridgehead atoms. The van der Waals surface area contributed by atoms with E-state index in [1.807, 2.05) is 14.0 Å². The van der Waals surface area contributed by atoms with Crippen LogP contribution in [0.1, 0.15) is 19.8 Å². The molecule has 0 aromatic heterocycles. The van der Waals surface area contributed by atoms with E-state index >= 15 is 0 Å². The van der Waals surface area contributed by atoms with Crippen molar-refractivity contribution in [2.75, 3.05) is 32.1 Å². The molecule has 2 aromatic carbocycles. The van der Waals surface area contributed by atoms with Gasteiger partial charge in [0.15, 0.2) is 0 Å². The van der Waals surface area contributed by atoms with E-state index in [-0.39, 0.29) is 6.09 Å². The van der Waals surface area contributed by atoms with Gasteiger partial charge in [0.05, 0.1) is 6.61 Å². The number of nitrogens with zero attached hydrogens (tertiary/aromatic N) is 1. The van der Waals surface area contributed by atoms with Crippen LogP contribution in [0.3, 0.4) is 0 Å². The largest absolute Gasteiger partial charge is 0.450 e. The highest BCUT2D eigenvalue weighted by molar-refractivity contribution is 7.97. The molecule has 1 heterocycles. The lowest BCUT2D eigenvalue weighted by molar-refractivity contribution is 0.0967. The predicted octanol–water partition coefficient (Wildman–Crippen LogP) is 4.10. The van der Waals surface area contributed by atoms with Crippen molar-refractivity contribution in [2.45, 2.75) is 30.7 Å². The SMILES string of the molecule is CCOC(=O)N1CCC(NSc2ccc(NC)c3ccccc23)CC1. The Balaban J connectivity index is 1.60. The summed E-state index contributed by atoms with van der Waals surface area (Å²) in [6, 6.07) is 13.1. The Morgan fingerprint density at radius 2 is 1.92 bits per heavy atom. The minimum absolute atomic E-state index is 0.192. The smallest absolute Gasteiger partial charge is 0.409 e. The number of likely N-dealkylation sites (tertiary alicyclic amines) is 1. The third-order valence-corrected chi connectivity index (χ3v) is 5.54. The summed E-state index contributed by atoms with van der Waals surface area (Å²) in [4.78, 5) is 14.8. The zero-order chi connectivity index (χ0) is 17.6.